The van der Waals surface area contributed by atoms with Crippen molar-refractivity contribution >= 4 is 50.7 Å². The molecule has 1 N–H and O–H groups in total. The third kappa shape index (κ3) is 3.66. The van der Waals surface area contributed by atoms with E-state index in [1.807, 2.05) is 0 Å². The Hall–Kier alpha value is -1.43. The molecule has 2 aromatic rings. The van der Waals surface area contributed by atoms with Gasteiger partial charge in [0.05, 0.1) is 35.5 Å². The fourth-order valence-corrected chi connectivity index (χ4v) is 2.61. The van der Waals surface area contributed by atoms with Gasteiger partial charge in [0, 0.05) is 16.6 Å². The number of anilines is 1. The minimum Gasteiger partial charge on any atom is -0.495 e. The summed E-state index contributed by atoms with van der Waals surface area (Å²) < 4.78 is 11.1. The first-order chi connectivity index (χ1) is 10.5. The number of halogens is 3. The maximum absolute atomic E-state index is 12.4. The van der Waals surface area contributed by atoms with Crippen molar-refractivity contribution in [3.63, 3.8) is 0 Å². The van der Waals surface area contributed by atoms with Crippen molar-refractivity contribution in [3.05, 3.63) is 50.4 Å². The lowest BCUT2D eigenvalue weighted by Gasteiger charge is -2.13. The number of hydrogen-bond acceptors (Lipinski definition) is 3. The number of ether oxygens (including phenoxy) is 2. The molecular weight excluding hydrogens is 393 g/mol. The number of benzene rings is 2. The van der Waals surface area contributed by atoms with Crippen molar-refractivity contribution in [1.82, 2.24) is 0 Å². The molecule has 0 heterocycles. The molecule has 2 aromatic carbocycles. The second-order valence-electron chi connectivity index (χ2n) is 4.27. The highest BCUT2D eigenvalue weighted by atomic mass is 79.9. The Balaban J connectivity index is 2.37. The minimum atomic E-state index is -0.367. The van der Waals surface area contributed by atoms with Gasteiger partial charge in [-0.25, -0.2) is 0 Å². The normalized spacial score (nSPS) is 10.2. The molecule has 0 aliphatic heterocycles. The zero-order chi connectivity index (χ0) is 16.3. The largest absolute Gasteiger partial charge is 0.495 e. The van der Waals surface area contributed by atoms with Crippen molar-refractivity contribution in [2.75, 3.05) is 19.5 Å². The number of rotatable bonds is 4. The Morgan fingerprint density at radius 3 is 2.36 bits per heavy atom. The van der Waals surface area contributed by atoms with Crippen molar-refractivity contribution in [2.24, 2.45) is 0 Å². The second kappa shape index (κ2) is 7.22. The van der Waals surface area contributed by atoms with Gasteiger partial charge >= 0.3 is 0 Å². The molecule has 22 heavy (non-hydrogen) atoms. The molecule has 0 aromatic heterocycles. The van der Waals surface area contributed by atoms with E-state index in [0.717, 1.165) is 4.47 Å². The molecule has 2 rings (SSSR count). The summed E-state index contributed by atoms with van der Waals surface area (Å²) in [6.45, 7) is 0. The quantitative estimate of drug-likeness (QED) is 0.777. The van der Waals surface area contributed by atoms with Gasteiger partial charge in [-0.05, 0) is 18.2 Å². The molecule has 1 amide bonds. The number of hydrogen-bond donors (Lipinski definition) is 1. The second-order valence-corrected chi connectivity index (χ2v) is 6.00. The highest BCUT2D eigenvalue weighted by Crippen LogP contribution is 2.36. The Kier molecular flexibility index (Phi) is 5.56. The standard InChI is InChI=1S/C15H12BrCl2NO3/c1-21-13-7-12(14(22-2)6-11(13)18)19-15(20)9-5-8(16)3-4-10(9)17/h3-7H,1-2H3,(H,19,20). The van der Waals surface area contributed by atoms with Gasteiger partial charge in [0.2, 0.25) is 0 Å². The predicted molar refractivity (Wildman–Crippen MR) is 91.7 cm³/mol. The van der Waals surface area contributed by atoms with Gasteiger partial charge in [0.25, 0.3) is 5.91 Å². The van der Waals surface area contributed by atoms with E-state index in [2.05, 4.69) is 21.2 Å². The lowest BCUT2D eigenvalue weighted by molar-refractivity contribution is 0.102. The van der Waals surface area contributed by atoms with Crippen LogP contribution in [0.4, 0.5) is 5.69 Å². The highest BCUT2D eigenvalue weighted by Gasteiger charge is 2.16. The monoisotopic (exact) mass is 403 g/mol. The topological polar surface area (TPSA) is 47.6 Å². The molecule has 0 atom stereocenters. The van der Waals surface area contributed by atoms with Crippen LogP contribution in [0.25, 0.3) is 0 Å². The maximum Gasteiger partial charge on any atom is 0.257 e. The molecule has 0 unspecified atom stereocenters. The summed E-state index contributed by atoms with van der Waals surface area (Å²) in [5, 5.41) is 3.47. The van der Waals surface area contributed by atoms with Crippen LogP contribution in [0.3, 0.4) is 0 Å². The first-order valence-corrected chi connectivity index (χ1v) is 7.69. The summed E-state index contributed by atoms with van der Waals surface area (Å²) in [4.78, 5) is 12.4. The SMILES string of the molecule is COc1cc(NC(=O)c2cc(Br)ccc2Cl)c(OC)cc1Cl. The number of methoxy groups -OCH3 is 2. The van der Waals surface area contributed by atoms with E-state index < -0.39 is 0 Å². The van der Waals surface area contributed by atoms with E-state index in [1.54, 1.807) is 30.3 Å². The third-order valence-corrected chi connectivity index (χ3v) is 4.01. The average Bonchev–Trinajstić information content (AvgIpc) is 2.50. The Bertz CT molecular complexity index is 722. The summed E-state index contributed by atoms with van der Waals surface area (Å²) in [5.41, 5.74) is 0.775. The molecule has 0 radical (unpaired) electrons. The van der Waals surface area contributed by atoms with Crippen LogP contribution >= 0.6 is 39.1 Å². The molecular formula is C15H12BrCl2NO3. The van der Waals surface area contributed by atoms with E-state index in [-0.39, 0.29) is 5.91 Å². The highest BCUT2D eigenvalue weighted by molar-refractivity contribution is 9.10. The van der Waals surface area contributed by atoms with Crippen LogP contribution in [-0.2, 0) is 0 Å². The van der Waals surface area contributed by atoms with Crippen LogP contribution in [0, 0.1) is 0 Å². The number of nitrogens with one attached hydrogen (secondary N) is 1. The number of carbonyl (C=O) groups is 1. The zero-order valence-corrected chi connectivity index (χ0v) is 14.8. The molecule has 0 spiro atoms. The summed E-state index contributed by atoms with van der Waals surface area (Å²) in [7, 11) is 2.98. The number of amides is 1. The van der Waals surface area contributed by atoms with Crippen LogP contribution in [0.5, 0.6) is 11.5 Å². The Labute approximate surface area is 146 Å². The van der Waals surface area contributed by atoms with E-state index in [4.69, 9.17) is 32.7 Å². The van der Waals surface area contributed by atoms with E-state index in [9.17, 15) is 4.79 Å². The molecule has 0 aliphatic carbocycles. The van der Waals surface area contributed by atoms with Crippen LogP contribution < -0.4 is 14.8 Å². The predicted octanol–water partition coefficient (Wildman–Crippen LogP) is 5.03. The van der Waals surface area contributed by atoms with Crippen LogP contribution in [0.1, 0.15) is 10.4 Å². The molecule has 0 aliphatic rings. The van der Waals surface area contributed by atoms with E-state index in [0.29, 0.717) is 32.8 Å². The Morgan fingerprint density at radius 2 is 1.73 bits per heavy atom. The van der Waals surface area contributed by atoms with Crippen molar-refractivity contribution < 1.29 is 14.3 Å². The van der Waals surface area contributed by atoms with Crippen LogP contribution in [0.2, 0.25) is 10.0 Å². The third-order valence-electron chi connectivity index (χ3n) is 2.90. The molecule has 4 nitrogen and oxygen atoms in total. The van der Waals surface area contributed by atoms with E-state index >= 15 is 0 Å². The lowest BCUT2D eigenvalue weighted by atomic mass is 10.2. The fraction of sp³-hybridized carbons (Fsp3) is 0.133. The number of carbonyl (C=O) groups excluding carboxylic acids is 1. The van der Waals surface area contributed by atoms with Crippen LogP contribution in [-0.4, -0.2) is 20.1 Å². The Morgan fingerprint density at radius 1 is 1.05 bits per heavy atom. The summed E-state index contributed by atoms with van der Waals surface area (Å²) in [6.07, 6.45) is 0. The van der Waals surface area contributed by atoms with Gasteiger partial charge < -0.3 is 14.8 Å². The van der Waals surface area contributed by atoms with Gasteiger partial charge in [-0.15, -0.1) is 0 Å². The van der Waals surface area contributed by atoms with Crippen LogP contribution in [0.15, 0.2) is 34.8 Å². The molecule has 116 valence electrons. The summed E-state index contributed by atoms with van der Waals surface area (Å²) in [5.74, 6) is 0.484. The smallest absolute Gasteiger partial charge is 0.257 e. The summed E-state index contributed by atoms with van der Waals surface area (Å²) >= 11 is 15.4. The van der Waals surface area contributed by atoms with Crippen molar-refractivity contribution in [1.29, 1.82) is 0 Å². The van der Waals surface area contributed by atoms with E-state index in [1.165, 1.54) is 14.2 Å². The average molecular weight is 405 g/mol. The first kappa shape index (κ1) is 16.9. The van der Waals surface area contributed by atoms with Gasteiger partial charge in [-0.3, -0.25) is 4.79 Å². The molecule has 0 saturated carbocycles. The zero-order valence-electron chi connectivity index (χ0n) is 11.7. The van der Waals surface area contributed by atoms with Crippen molar-refractivity contribution in [2.45, 2.75) is 0 Å². The fourth-order valence-electron chi connectivity index (χ4n) is 1.82. The maximum atomic E-state index is 12.4. The van der Waals surface area contributed by atoms with Gasteiger partial charge in [-0.2, -0.15) is 0 Å². The molecule has 0 fully saturated rings. The minimum absolute atomic E-state index is 0.340. The molecule has 0 bridgehead atoms. The molecule has 0 saturated heterocycles. The molecule has 7 heteroatoms. The first-order valence-electron chi connectivity index (χ1n) is 6.14. The van der Waals surface area contributed by atoms with Crippen molar-refractivity contribution in [3.8, 4) is 11.5 Å². The van der Waals surface area contributed by atoms with Gasteiger partial charge in [0.1, 0.15) is 11.5 Å². The van der Waals surface area contributed by atoms with Gasteiger partial charge in [0.15, 0.2) is 0 Å². The lowest BCUT2D eigenvalue weighted by Crippen LogP contribution is -2.13. The van der Waals surface area contributed by atoms with Gasteiger partial charge in [-0.1, -0.05) is 39.1 Å². The summed E-state index contributed by atoms with van der Waals surface area (Å²) in [6, 6.07) is 8.19.